The Kier molecular flexibility index (Phi) is 4.30. The number of nitrogens with two attached hydrogens (primary N) is 1. The molecule has 0 unspecified atom stereocenters. The minimum Gasteiger partial charge on any atom is -0.403 e. The quantitative estimate of drug-likeness (QED) is 0.628. The summed E-state index contributed by atoms with van der Waals surface area (Å²) >= 11 is 1.53. The lowest BCUT2D eigenvalue weighted by molar-refractivity contribution is -0.276. The topological polar surface area (TPSA) is 48.1 Å². The first-order chi connectivity index (χ1) is 8.04. The van der Waals surface area contributed by atoms with E-state index in [1.807, 2.05) is 0 Å². The summed E-state index contributed by atoms with van der Waals surface area (Å²) in [5, 5.41) is 0. The van der Waals surface area contributed by atoms with Crippen molar-refractivity contribution in [3.63, 3.8) is 0 Å². The predicted octanol–water partition coefficient (Wildman–Crippen LogP) is 3.06. The molecule has 1 heterocycles. The SMILES string of the molecule is NCc1nc(C(F)(F)F)c(OC(F)(F)F)cc1I. The van der Waals surface area contributed by atoms with Crippen molar-refractivity contribution in [2.45, 2.75) is 19.1 Å². The lowest BCUT2D eigenvalue weighted by Gasteiger charge is -2.16. The highest BCUT2D eigenvalue weighted by molar-refractivity contribution is 14.1. The second-order valence-corrected chi connectivity index (χ2v) is 4.18. The predicted molar refractivity (Wildman–Crippen MR) is 56.5 cm³/mol. The summed E-state index contributed by atoms with van der Waals surface area (Å²) in [5.41, 5.74) is 3.24. The molecule has 10 heteroatoms. The first-order valence-electron chi connectivity index (χ1n) is 4.27. The normalized spacial score (nSPS) is 12.7. The van der Waals surface area contributed by atoms with E-state index < -0.39 is 24.0 Å². The molecule has 0 aliphatic rings. The fourth-order valence-electron chi connectivity index (χ4n) is 1.06. The van der Waals surface area contributed by atoms with Crippen molar-refractivity contribution in [3.8, 4) is 5.75 Å². The number of rotatable bonds is 2. The van der Waals surface area contributed by atoms with Gasteiger partial charge in [0.25, 0.3) is 0 Å². The Morgan fingerprint density at radius 3 is 2.17 bits per heavy atom. The third kappa shape index (κ3) is 3.86. The van der Waals surface area contributed by atoms with Gasteiger partial charge in [0.05, 0.1) is 5.69 Å². The smallest absolute Gasteiger partial charge is 0.403 e. The molecule has 102 valence electrons. The fourth-order valence-corrected chi connectivity index (χ4v) is 1.68. The van der Waals surface area contributed by atoms with Crippen LogP contribution >= 0.6 is 22.6 Å². The molecule has 1 aromatic rings. The zero-order valence-corrected chi connectivity index (χ0v) is 10.5. The van der Waals surface area contributed by atoms with Crippen LogP contribution in [-0.2, 0) is 12.7 Å². The third-order valence-electron chi connectivity index (χ3n) is 1.70. The standard InChI is InChI=1S/C8H5F6IN2O/c9-7(10,11)6-5(18-8(12,13)14)1-3(15)4(2-16)17-6/h1H,2,16H2. The minimum atomic E-state index is -5.23. The van der Waals surface area contributed by atoms with Crippen molar-refractivity contribution in [3.05, 3.63) is 21.0 Å². The summed E-state index contributed by atoms with van der Waals surface area (Å²) in [6, 6.07) is 0.603. The van der Waals surface area contributed by atoms with Gasteiger partial charge in [-0.25, -0.2) is 4.98 Å². The van der Waals surface area contributed by atoms with Crippen molar-refractivity contribution in [2.24, 2.45) is 5.73 Å². The summed E-state index contributed by atoms with van der Waals surface area (Å²) in [7, 11) is 0. The summed E-state index contributed by atoms with van der Waals surface area (Å²) in [5.74, 6) is -1.39. The molecule has 3 nitrogen and oxygen atoms in total. The number of pyridine rings is 1. The summed E-state index contributed by atoms with van der Waals surface area (Å²) in [6.45, 7) is -0.326. The summed E-state index contributed by atoms with van der Waals surface area (Å²) in [4.78, 5) is 3.06. The van der Waals surface area contributed by atoms with Gasteiger partial charge in [0, 0.05) is 10.1 Å². The molecule has 0 saturated heterocycles. The molecule has 0 fully saturated rings. The third-order valence-corrected chi connectivity index (χ3v) is 2.64. The zero-order chi connectivity index (χ0) is 14.1. The molecule has 0 aromatic carbocycles. The molecule has 0 aliphatic carbocycles. The van der Waals surface area contributed by atoms with Crippen molar-refractivity contribution in [2.75, 3.05) is 0 Å². The Balaban J connectivity index is 3.35. The highest BCUT2D eigenvalue weighted by atomic mass is 127. The maximum Gasteiger partial charge on any atom is 0.573 e. The van der Waals surface area contributed by atoms with Crippen molar-refractivity contribution in [1.82, 2.24) is 4.98 Å². The van der Waals surface area contributed by atoms with Crippen LogP contribution in [0, 0.1) is 3.57 Å². The Labute approximate surface area is 110 Å². The van der Waals surface area contributed by atoms with Gasteiger partial charge in [-0.3, -0.25) is 0 Å². The molecule has 0 bridgehead atoms. The van der Waals surface area contributed by atoms with Crippen LogP contribution in [0.2, 0.25) is 0 Å². The molecular weight excluding hydrogens is 381 g/mol. The molecule has 1 aromatic heterocycles. The lowest BCUT2D eigenvalue weighted by Crippen LogP contribution is -2.22. The number of halogens is 7. The first kappa shape index (κ1) is 15.3. The zero-order valence-electron chi connectivity index (χ0n) is 8.36. The molecule has 0 spiro atoms. The van der Waals surface area contributed by atoms with Gasteiger partial charge in [-0.05, 0) is 28.7 Å². The van der Waals surface area contributed by atoms with Gasteiger partial charge >= 0.3 is 12.5 Å². The number of aromatic nitrogens is 1. The van der Waals surface area contributed by atoms with E-state index in [1.165, 1.54) is 22.6 Å². The Hall–Kier alpha value is -0.780. The molecule has 2 N–H and O–H groups in total. The molecule has 1 rings (SSSR count). The molecule has 0 atom stereocenters. The van der Waals surface area contributed by atoms with Crippen LogP contribution in [0.1, 0.15) is 11.4 Å². The average Bonchev–Trinajstić information content (AvgIpc) is 2.13. The maximum absolute atomic E-state index is 12.5. The summed E-state index contributed by atoms with van der Waals surface area (Å²) in [6.07, 6.45) is -10.3. The molecule has 0 amide bonds. The van der Waals surface area contributed by atoms with Crippen LogP contribution in [0.15, 0.2) is 6.07 Å². The first-order valence-corrected chi connectivity index (χ1v) is 5.35. The van der Waals surface area contributed by atoms with E-state index in [0.717, 1.165) is 0 Å². The van der Waals surface area contributed by atoms with E-state index in [-0.39, 0.29) is 15.8 Å². The minimum absolute atomic E-state index is 0.0577. The van der Waals surface area contributed by atoms with Crippen molar-refractivity contribution < 1.29 is 31.1 Å². The average molecular weight is 386 g/mol. The number of ether oxygens (including phenoxy) is 1. The Morgan fingerprint density at radius 1 is 1.22 bits per heavy atom. The van der Waals surface area contributed by atoms with Crippen LogP contribution in [0.5, 0.6) is 5.75 Å². The summed E-state index contributed by atoms with van der Waals surface area (Å²) < 4.78 is 76.9. The van der Waals surface area contributed by atoms with Crippen LogP contribution in [0.3, 0.4) is 0 Å². The van der Waals surface area contributed by atoms with Gasteiger partial charge < -0.3 is 10.5 Å². The van der Waals surface area contributed by atoms with E-state index in [9.17, 15) is 26.3 Å². The van der Waals surface area contributed by atoms with E-state index in [2.05, 4.69) is 9.72 Å². The van der Waals surface area contributed by atoms with Crippen LogP contribution in [-0.4, -0.2) is 11.3 Å². The molecule has 0 saturated carbocycles. The van der Waals surface area contributed by atoms with Crippen LogP contribution in [0.4, 0.5) is 26.3 Å². The lowest BCUT2D eigenvalue weighted by atomic mass is 10.2. The number of alkyl halides is 6. The molecule has 0 radical (unpaired) electrons. The van der Waals surface area contributed by atoms with Crippen molar-refractivity contribution in [1.29, 1.82) is 0 Å². The van der Waals surface area contributed by atoms with E-state index in [1.54, 1.807) is 0 Å². The second-order valence-electron chi connectivity index (χ2n) is 3.01. The van der Waals surface area contributed by atoms with Crippen molar-refractivity contribution >= 4 is 22.6 Å². The van der Waals surface area contributed by atoms with E-state index in [4.69, 9.17) is 5.73 Å². The monoisotopic (exact) mass is 386 g/mol. The molecule has 0 aliphatic heterocycles. The number of hydrogen-bond acceptors (Lipinski definition) is 3. The van der Waals surface area contributed by atoms with E-state index >= 15 is 0 Å². The molecular formula is C8H5F6IN2O. The van der Waals surface area contributed by atoms with Gasteiger partial charge in [-0.2, -0.15) is 13.2 Å². The Bertz CT molecular complexity index is 444. The Morgan fingerprint density at radius 2 is 1.78 bits per heavy atom. The van der Waals surface area contributed by atoms with Gasteiger partial charge in [0.1, 0.15) is 0 Å². The molecule has 18 heavy (non-hydrogen) atoms. The van der Waals surface area contributed by atoms with Gasteiger partial charge in [0.15, 0.2) is 11.4 Å². The van der Waals surface area contributed by atoms with Crippen LogP contribution in [0.25, 0.3) is 0 Å². The number of nitrogens with zero attached hydrogens (tertiary/aromatic N) is 1. The fraction of sp³-hybridized carbons (Fsp3) is 0.375. The van der Waals surface area contributed by atoms with Crippen LogP contribution < -0.4 is 10.5 Å². The van der Waals surface area contributed by atoms with Gasteiger partial charge in [-0.15, -0.1) is 13.2 Å². The highest BCUT2D eigenvalue weighted by Crippen LogP contribution is 2.38. The van der Waals surface area contributed by atoms with Gasteiger partial charge in [-0.1, -0.05) is 0 Å². The highest BCUT2D eigenvalue weighted by Gasteiger charge is 2.41. The largest absolute Gasteiger partial charge is 0.573 e. The van der Waals surface area contributed by atoms with Gasteiger partial charge in [0.2, 0.25) is 0 Å². The van der Waals surface area contributed by atoms with E-state index in [0.29, 0.717) is 6.07 Å². The maximum atomic E-state index is 12.5. The number of hydrogen-bond donors (Lipinski definition) is 1. The second kappa shape index (κ2) is 5.07.